The van der Waals surface area contributed by atoms with Crippen LogP contribution in [0.3, 0.4) is 0 Å². The highest BCUT2D eigenvalue weighted by Crippen LogP contribution is 2.34. The Bertz CT molecular complexity index is 1170. The average molecular weight is 425 g/mol. The van der Waals surface area contributed by atoms with Gasteiger partial charge in [0, 0.05) is 62.0 Å². The number of pyridine rings is 1. The van der Waals surface area contributed by atoms with Gasteiger partial charge in [0.2, 0.25) is 5.91 Å². The lowest BCUT2D eigenvalue weighted by Crippen LogP contribution is -2.43. The number of rotatable bonds is 5. The molecule has 5 rings (SSSR count). The van der Waals surface area contributed by atoms with Gasteiger partial charge in [-0.1, -0.05) is 36.4 Å². The van der Waals surface area contributed by atoms with Gasteiger partial charge >= 0.3 is 0 Å². The van der Waals surface area contributed by atoms with Crippen molar-refractivity contribution in [2.45, 2.75) is 13.0 Å². The normalized spacial score (nSPS) is 16.6. The molecular formula is C27H28N4O. The first-order chi connectivity index (χ1) is 15.6. The number of primary amides is 1. The van der Waals surface area contributed by atoms with Crippen LogP contribution < -0.4 is 5.73 Å². The molecule has 2 heterocycles. The van der Waals surface area contributed by atoms with E-state index in [9.17, 15) is 4.79 Å². The van der Waals surface area contributed by atoms with Gasteiger partial charge < -0.3 is 10.6 Å². The SMILES string of the molecule is CN1CCN(Cc2cccc(-c3cnc4c(c3)C(c3ccc(C(N)=O)cc3)=CC4)c2)CC1. The maximum absolute atomic E-state index is 11.4. The molecule has 0 atom stereocenters. The molecule has 5 heteroatoms. The molecule has 3 aromatic rings. The number of aromatic nitrogens is 1. The van der Waals surface area contributed by atoms with Crippen LogP contribution in [0.15, 0.2) is 66.9 Å². The van der Waals surface area contributed by atoms with Crippen molar-refractivity contribution in [1.29, 1.82) is 0 Å². The Morgan fingerprint density at radius 2 is 1.75 bits per heavy atom. The van der Waals surface area contributed by atoms with Gasteiger partial charge in [-0.25, -0.2) is 0 Å². The van der Waals surface area contributed by atoms with Crippen molar-refractivity contribution in [3.63, 3.8) is 0 Å². The van der Waals surface area contributed by atoms with Gasteiger partial charge in [-0.2, -0.15) is 0 Å². The Balaban J connectivity index is 1.39. The highest BCUT2D eigenvalue weighted by molar-refractivity contribution is 5.94. The Morgan fingerprint density at radius 1 is 0.969 bits per heavy atom. The minimum Gasteiger partial charge on any atom is -0.366 e. The lowest BCUT2D eigenvalue weighted by Gasteiger charge is -2.32. The summed E-state index contributed by atoms with van der Waals surface area (Å²) < 4.78 is 0. The van der Waals surface area contributed by atoms with Gasteiger partial charge in [0.05, 0.1) is 5.69 Å². The van der Waals surface area contributed by atoms with Crippen LogP contribution in [0.5, 0.6) is 0 Å². The van der Waals surface area contributed by atoms with Gasteiger partial charge in [0.15, 0.2) is 0 Å². The molecular weight excluding hydrogens is 396 g/mol. The average Bonchev–Trinajstić information content (AvgIpc) is 3.24. The van der Waals surface area contributed by atoms with Gasteiger partial charge in [0.25, 0.3) is 0 Å². The molecule has 0 saturated carbocycles. The zero-order chi connectivity index (χ0) is 22.1. The van der Waals surface area contributed by atoms with Crippen LogP contribution in [0.2, 0.25) is 0 Å². The molecule has 162 valence electrons. The Kier molecular flexibility index (Phi) is 5.60. The molecule has 5 nitrogen and oxygen atoms in total. The largest absolute Gasteiger partial charge is 0.366 e. The third-order valence-corrected chi connectivity index (χ3v) is 6.50. The van der Waals surface area contributed by atoms with Crippen molar-refractivity contribution in [3.05, 3.63) is 94.8 Å². The molecule has 0 unspecified atom stereocenters. The van der Waals surface area contributed by atoms with Gasteiger partial charge in [-0.05, 0) is 53.6 Å². The minimum absolute atomic E-state index is 0.405. The fourth-order valence-corrected chi connectivity index (χ4v) is 4.56. The summed E-state index contributed by atoms with van der Waals surface area (Å²) in [6.45, 7) is 5.47. The zero-order valence-corrected chi connectivity index (χ0v) is 18.4. The van der Waals surface area contributed by atoms with E-state index in [1.807, 2.05) is 18.3 Å². The molecule has 1 aliphatic carbocycles. The number of allylic oxidation sites excluding steroid dienone is 1. The second kappa shape index (κ2) is 8.69. The first-order valence-corrected chi connectivity index (χ1v) is 11.2. The monoisotopic (exact) mass is 424 g/mol. The summed E-state index contributed by atoms with van der Waals surface area (Å²) in [4.78, 5) is 21.1. The van der Waals surface area contributed by atoms with Crippen molar-refractivity contribution in [2.75, 3.05) is 33.2 Å². The predicted molar refractivity (Wildman–Crippen MR) is 128 cm³/mol. The van der Waals surface area contributed by atoms with Crippen molar-refractivity contribution >= 4 is 11.5 Å². The number of hydrogen-bond acceptors (Lipinski definition) is 4. The summed E-state index contributed by atoms with van der Waals surface area (Å²) >= 11 is 0. The molecule has 0 spiro atoms. The molecule has 1 amide bonds. The molecule has 1 aliphatic heterocycles. The first kappa shape index (κ1) is 20.6. The van der Waals surface area contributed by atoms with Crippen LogP contribution in [-0.2, 0) is 13.0 Å². The Morgan fingerprint density at radius 3 is 2.50 bits per heavy atom. The van der Waals surface area contributed by atoms with Gasteiger partial charge in [-0.15, -0.1) is 0 Å². The number of nitrogens with zero attached hydrogens (tertiary/aromatic N) is 3. The number of benzene rings is 2. The third kappa shape index (κ3) is 4.22. The summed E-state index contributed by atoms with van der Waals surface area (Å²) in [5, 5.41) is 0. The summed E-state index contributed by atoms with van der Waals surface area (Å²) in [6, 6.07) is 18.6. The molecule has 1 fully saturated rings. The zero-order valence-electron chi connectivity index (χ0n) is 18.4. The highest BCUT2D eigenvalue weighted by Gasteiger charge is 2.19. The van der Waals surface area contributed by atoms with Crippen molar-refractivity contribution in [2.24, 2.45) is 5.73 Å². The van der Waals surface area contributed by atoms with E-state index in [1.54, 1.807) is 12.1 Å². The molecule has 0 radical (unpaired) electrons. The molecule has 0 bridgehead atoms. The third-order valence-electron chi connectivity index (χ3n) is 6.50. The van der Waals surface area contributed by atoms with Crippen LogP contribution in [0.25, 0.3) is 16.7 Å². The molecule has 2 N–H and O–H groups in total. The number of hydrogen-bond donors (Lipinski definition) is 1. The molecule has 1 aromatic heterocycles. The standard InChI is InChI=1S/C27H28N4O/c1-30-11-13-31(14-12-30)18-19-3-2-4-22(15-19)23-16-25-24(9-10-26(25)29-17-23)20-5-7-21(8-6-20)27(28)32/h2-9,15-17H,10-14,18H2,1H3,(H2,28,32). The number of carbonyl (C=O) groups is 1. The lowest BCUT2D eigenvalue weighted by atomic mass is 9.96. The van der Waals surface area contributed by atoms with Crippen LogP contribution in [0.4, 0.5) is 0 Å². The fourth-order valence-electron chi connectivity index (χ4n) is 4.56. The van der Waals surface area contributed by atoms with E-state index in [4.69, 9.17) is 10.7 Å². The van der Waals surface area contributed by atoms with Crippen molar-refractivity contribution < 1.29 is 4.79 Å². The summed E-state index contributed by atoms with van der Waals surface area (Å²) in [6.07, 6.45) is 5.03. The van der Waals surface area contributed by atoms with Crippen LogP contribution >= 0.6 is 0 Å². The summed E-state index contributed by atoms with van der Waals surface area (Å²) in [5.74, 6) is -0.405. The maximum Gasteiger partial charge on any atom is 0.248 e. The van der Waals surface area contributed by atoms with Gasteiger partial charge in [0.1, 0.15) is 0 Å². The maximum atomic E-state index is 11.4. The van der Waals surface area contributed by atoms with Crippen LogP contribution in [0.1, 0.15) is 32.7 Å². The number of amides is 1. The van der Waals surface area contributed by atoms with Crippen LogP contribution in [-0.4, -0.2) is 53.9 Å². The lowest BCUT2D eigenvalue weighted by molar-refractivity contribution is 0.100. The highest BCUT2D eigenvalue weighted by atomic mass is 16.1. The second-order valence-corrected chi connectivity index (χ2v) is 8.76. The number of nitrogens with two attached hydrogens (primary N) is 1. The molecule has 2 aliphatic rings. The number of carbonyl (C=O) groups excluding carboxylic acids is 1. The quantitative estimate of drug-likeness (QED) is 0.680. The topological polar surface area (TPSA) is 62.5 Å². The first-order valence-electron chi connectivity index (χ1n) is 11.2. The number of likely N-dealkylation sites (N-methyl/N-ethyl adjacent to an activating group) is 1. The number of fused-ring (bicyclic) bond motifs is 1. The van der Waals surface area contributed by atoms with Crippen molar-refractivity contribution in [3.8, 4) is 11.1 Å². The van der Waals surface area contributed by atoms with E-state index in [2.05, 4.69) is 53.3 Å². The minimum atomic E-state index is -0.405. The second-order valence-electron chi connectivity index (χ2n) is 8.76. The van der Waals surface area contributed by atoms with E-state index in [1.165, 1.54) is 22.3 Å². The van der Waals surface area contributed by atoms with E-state index in [-0.39, 0.29) is 0 Å². The van der Waals surface area contributed by atoms with Crippen LogP contribution in [0, 0.1) is 0 Å². The van der Waals surface area contributed by atoms with E-state index in [0.29, 0.717) is 5.56 Å². The molecule has 2 aromatic carbocycles. The van der Waals surface area contributed by atoms with E-state index >= 15 is 0 Å². The summed E-state index contributed by atoms with van der Waals surface area (Å²) in [7, 11) is 2.19. The Hall–Kier alpha value is -3.28. The van der Waals surface area contributed by atoms with E-state index < -0.39 is 5.91 Å². The van der Waals surface area contributed by atoms with Gasteiger partial charge in [-0.3, -0.25) is 14.7 Å². The van der Waals surface area contributed by atoms with E-state index in [0.717, 1.165) is 56.0 Å². The fraction of sp³-hybridized carbons (Fsp3) is 0.259. The molecule has 32 heavy (non-hydrogen) atoms. The number of piperazine rings is 1. The summed E-state index contributed by atoms with van der Waals surface area (Å²) in [5.41, 5.74) is 14.1. The van der Waals surface area contributed by atoms with Crippen molar-refractivity contribution in [1.82, 2.24) is 14.8 Å². The predicted octanol–water partition coefficient (Wildman–Crippen LogP) is 3.58. The smallest absolute Gasteiger partial charge is 0.248 e. The molecule has 1 saturated heterocycles. The Labute approximate surface area is 189 Å².